The summed E-state index contributed by atoms with van der Waals surface area (Å²) >= 11 is 3.40. The number of ether oxygens (including phenoxy) is 2. The number of benzene rings is 4. The number of hydrogen-bond acceptors (Lipinski definition) is 5. The molecule has 6 N–H and O–H groups in total. The molecule has 0 saturated heterocycles. The van der Waals surface area contributed by atoms with Crippen LogP contribution >= 0.6 is 15.9 Å². The fraction of sp³-hybridized carbons (Fsp3) is 0.429. The Morgan fingerprint density at radius 1 is 0.562 bits per heavy atom. The van der Waals surface area contributed by atoms with Crippen LogP contribution in [-0.4, -0.2) is 31.3 Å². The molecule has 6 heteroatoms. The molecule has 4 aliphatic rings. The molecule has 0 spiro atoms. The van der Waals surface area contributed by atoms with E-state index in [2.05, 4.69) is 129 Å². The van der Waals surface area contributed by atoms with Crippen LogP contribution in [0.1, 0.15) is 97.9 Å². The maximum atomic E-state index is 5.74. The van der Waals surface area contributed by atoms with Crippen molar-refractivity contribution in [2.24, 2.45) is 23.1 Å². The van der Waals surface area contributed by atoms with E-state index in [1.807, 2.05) is 12.1 Å². The van der Waals surface area contributed by atoms with E-state index in [0.29, 0.717) is 35.9 Å². The maximum Gasteiger partial charge on any atom is 0.119 e. The van der Waals surface area contributed by atoms with Crippen molar-refractivity contribution in [3.05, 3.63) is 129 Å². The van der Waals surface area contributed by atoms with Crippen LogP contribution in [0.5, 0.6) is 11.5 Å². The number of hydrogen-bond donors (Lipinski definition) is 3. The SMILES string of the molecule is CC(C)Oc1ccc(C2CC2C)cc1.COc1ccc(C2CC2N)cc1.Cc1ccc(C2CC2N)cc1.NC1CC1c1ccc(Br)cc1. The molecule has 4 aromatic carbocycles. The third-order valence-corrected chi connectivity index (χ3v) is 10.2. The van der Waals surface area contributed by atoms with E-state index in [1.54, 1.807) is 7.11 Å². The van der Waals surface area contributed by atoms with Crippen molar-refractivity contribution in [3.63, 3.8) is 0 Å². The lowest BCUT2D eigenvalue weighted by Crippen LogP contribution is -2.05. The molecule has 0 amide bonds. The van der Waals surface area contributed by atoms with E-state index in [9.17, 15) is 0 Å². The van der Waals surface area contributed by atoms with Crippen LogP contribution in [0.3, 0.4) is 0 Å². The van der Waals surface area contributed by atoms with Crippen molar-refractivity contribution in [2.75, 3.05) is 7.11 Å². The van der Waals surface area contributed by atoms with Gasteiger partial charge in [0.15, 0.2) is 0 Å². The lowest BCUT2D eigenvalue weighted by molar-refractivity contribution is 0.242. The molecule has 0 radical (unpaired) electrons. The molecular formula is C42H54BrN3O2. The van der Waals surface area contributed by atoms with Crippen LogP contribution in [0.15, 0.2) is 102 Å². The van der Waals surface area contributed by atoms with Crippen LogP contribution in [0.4, 0.5) is 0 Å². The fourth-order valence-electron chi connectivity index (χ4n) is 6.02. The topological polar surface area (TPSA) is 96.5 Å². The summed E-state index contributed by atoms with van der Waals surface area (Å²) in [5, 5.41) is 0. The third kappa shape index (κ3) is 10.9. The van der Waals surface area contributed by atoms with Gasteiger partial charge in [0.2, 0.25) is 0 Å². The summed E-state index contributed by atoms with van der Waals surface area (Å²) in [6.45, 7) is 8.52. The zero-order valence-corrected chi connectivity index (χ0v) is 30.8. The highest BCUT2D eigenvalue weighted by Gasteiger charge is 2.36. The van der Waals surface area contributed by atoms with Crippen LogP contribution < -0.4 is 26.7 Å². The number of methoxy groups -OCH3 is 1. The van der Waals surface area contributed by atoms with Gasteiger partial charge in [0, 0.05) is 40.4 Å². The van der Waals surface area contributed by atoms with E-state index < -0.39 is 0 Å². The predicted molar refractivity (Wildman–Crippen MR) is 203 cm³/mol. The molecule has 4 aromatic rings. The van der Waals surface area contributed by atoms with Crippen molar-refractivity contribution in [2.45, 2.75) is 101 Å². The van der Waals surface area contributed by atoms with Gasteiger partial charge in [-0.25, -0.2) is 0 Å². The molecule has 8 atom stereocenters. The zero-order chi connectivity index (χ0) is 34.4. The quantitative estimate of drug-likeness (QED) is 0.178. The first-order valence-electron chi connectivity index (χ1n) is 17.5. The summed E-state index contributed by atoms with van der Waals surface area (Å²) in [5.41, 5.74) is 24.1. The fourth-order valence-corrected chi connectivity index (χ4v) is 6.29. The number of halogens is 1. The average molecular weight is 713 g/mol. The Morgan fingerprint density at radius 2 is 0.896 bits per heavy atom. The van der Waals surface area contributed by atoms with Gasteiger partial charge in [-0.2, -0.15) is 0 Å². The Balaban J connectivity index is 0.000000126. The smallest absolute Gasteiger partial charge is 0.119 e. The molecule has 0 aliphatic heterocycles. The highest BCUT2D eigenvalue weighted by atomic mass is 79.9. The zero-order valence-electron chi connectivity index (χ0n) is 29.2. The lowest BCUT2D eigenvalue weighted by atomic mass is 10.1. The first-order chi connectivity index (χ1) is 23.0. The largest absolute Gasteiger partial charge is 0.497 e. The molecule has 4 fully saturated rings. The number of rotatable bonds is 7. The van der Waals surface area contributed by atoms with Gasteiger partial charge in [-0.3, -0.25) is 0 Å². The van der Waals surface area contributed by atoms with E-state index >= 15 is 0 Å². The molecule has 0 aromatic heterocycles. The normalized spacial score (nSPS) is 27.1. The van der Waals surface area contributed by atoms with Gasteiger partial charge in [-0.05, 0) is 117 Å². The molecular weight excluding hydrogens is 658 g/mol. The van der Waals surface area contributed by atoms with Crippen molar-refractivity contribution in [1.29, 1.82) is 0 Å². The van der Waals surface area contributed by atoms with Gasteiger partial charge in [0.1, 0.15) is 11.5 Å². The number of aryl methyl sites for hydroxylation is 1. The minimum Gasteiger partial charge on any atom is -0.497 e. The Hall–Kier alpha value is -3.16. The van der Waals surface area contributed by atoms with Crippen LogP contribution in [-0.2, 0) is 0 Å². The summed E-state index contributed by atoms with van der Waals surface area (Å²) in [4.78, 5) is 0. The summed E-state index contributed by atoms with van der Waals surface area (Å²) < 4.78 is 11.8. The maximum absolute atomic E-state index is 5.74. The molecule has 4 saturated carbocycles. The Morgan fingerprint density at radius 3 is 1.23 bits per heavy atom. The minimum atomic E-state index is 0.265. The summed E-state index contributed by atoms with van der Waals surface area (Å²) in [6.07, 6.45) is 5.07. The Labute approximate surface area is 296 Å². The predicted octanol–water partition coefficient (Wildman–Crippen LogP) is 9.18. The van der Waals surface area contributed by atoms with E-state index in [4.69, 9.17) is 26.7 Å². The van der Waals surface area contributed by atoms with Gasteiger partial charge in [0.25, 0.3) is 0 Å². The summed E-state index contributed by atoms with van der Waals surface area (Å²) in [6, 6.07) is 35.1. The van der Waals surface area contributed by atoms with Gasteiger partial charge < -0.3 is 26.7 Å². The first kappa shape index (κ1) is 36.1. The van der Waals surface area contributed by atoms with Gasteiger partial charge in [-0.15, -0.1) is 0 Å². The second kappa shape index (κ2) is 16.5. The highest BCUT2D eigenvalue weighted by Crippen LogP contribution is 2.47. The van der Waals surface area contributed by atoms with Gasteiger partial charge in [0.05, 0.1) is 13.2 Å². The molecule has 5 nitrogen and oxygen atoms in total. The van der Waals surface area contributed by atoms with Crippen molar-refractivity contribution in [1.82, 2.24) is 0 Å². The van der Waals surface area contributed by atoms with Crippen molar-refractivity contribution in [3.8, 4) is 11.5 Å². The molecule has 8 unspecified atom stereocenters. The minimum absolute atomic E-state index is 0.265. The van der Waals surface area contributed by atoms with E-state index in [-0.39, 0.29) is 6.10 Å². The molecule has 8 rings (SSSR count). The lowest BCUT2D eigenvalue weighted by Gasteiger charge is -2.09. The number of nitrogens with two attached hydrogens (primary N) is 3. The summed E-state index contributed by atoms with van der Waals surface area (Å²) in [7, 11) is 1.68. The molecule has 0 bridgehead atoms. The van der Waals surface area contributed by atoms with Crippen molar-refractivity contribution < 1.29 is 9.47 Å². The molecule has 256 valence electrons. The van der Waals surface area contributed by atoms with Gasteiger partial charge in [-0.1, -0.05) is 89.1 Å². The molecule has 4 aliphatic carbocycles. The average Bonchev–Trinajstić information content (AvgIpc) is 3.92. The van der Waals surface area contributed by atoms with Gasteiger partial charge >= 0.3 is 0 Å². The Bertz CT molecular complexity index is 1500. The van der Waals surface area contributed by atoms with E-state index in [0.717, 1.165) is 40.6 Å². The van der Waals surface area contributed by atoms with Crippen molar-refractivity contribution >= 4 is 15.9 Å². The third-order valence-electron chi connectivity index (χ3n) is 9.66. The van der Waals surface area contributed by atoms with Crippen LogP contribution in [0.25, 0.3) is 0 Å². The Kier molecular flexibility index (Phi) is 12.4. The van der Waals surface area contributed by atoms with Crippen LogP contribution in [0, 0.1) is 12.8 Å². The summed E-state index contributed by atoms with van der Waals surface area (Å²) in [5.74, 6) is 5.45. The van der Waals surface area contributed by atoms with E-state index in [1.165, 1.54) is 40.7 Å². The first-order valence-corrected chi connectivity index (χ1v) is 18.3. The van der Waals surface area contributed by atoms with Crippen LogP contribution in [0.2, 0.25) is 0 Å². The molecule has 0 heterocycles. The second-order valence-electron chi connectivity index (χ2n) is 14.3. The highest BCUT2D eigenvalue weighted by molar-refractivity contribution is 9.10. The monoisotopic (exact) mass is 711 g/mol. The molecule has 48 heavy (non-hydrogen) atoms. The standard InChI is InChI=1S/C13H18O.C10H13NO.C10H13N.C9H10BrN/c1-9(2)14-12-6-4-11(5-7-12)13-8-10(13)3;1-12-8-4-2-7(3-5-8)9-6-10(9)11;1-7-2-4-8(5-3-7)9-6-10(9)11;10-7-3-1-6(2-4-7)8-5-9(8)11/h4-7,9-10,13H,8H2,1-3H3;2-5,9-10H,6,11H2,1H3;2-5,9-10H,6,11H2,1H3;1-4,8-9H,5,11H2. The second-order valence-corrected chi connectivity index (χ2v) is 15.2.